The number of ether oxygens (including phenoxy) is 3. The lowest BCUT2D eigenvalue weighted by molar-refractivity contribution is 0.324. The van der Waals surface area contributed by atoms with Crippen LogP contribution in [0.4, 0.5) is 5.69 Å². The summed E-state index contributed by atoms with van der Waals surface area (Å²) in [6.07, 6.45) is 2.85. The Balaban J connectivity index is 2.29. The first-order valence-corrected chi connectivity index (χ1v) is 7.14. The van der Waals surface area contributed by atoms with Crippen molar-refractivity contribution in [3.8, 4) is 17.2 Å². The maximum Gasteiger partial charge on any atom is 0.203 e. The van der Waals surface area contributed by atoms with Gasteiger partial charge in [-0.25, -0.2) is 0 Å². The van der Waals surface area contributed by atoms with Gasteiger partial charge in [0.2, 0.25) is 5.75 Å². The van der Waals surface area contributed by atoms with Gasteiger partial charge < -0.3 is 14.2 Å². The van der Waals surface area contributed by atoms with E-state index in [1.54, 1.807) is 21.3 Å². The molecule has 0 aromatic heterocycles. The lowest BCUT2D eigenvalue weighted by Gasteiger charge is -2.12. The summed E-state index contributed by atoms with van der Waals surface area (Å²) in [5.74, 6) is 1.75. The molecule has 0 radical (unpaired) electrons. The maximum absolute atomic E-state index is 5.32. The predicted molar refractivity (Wildman–Crippen MR) is 89.2 cm³/mol. The Kier molecular flexibility index (Phi) is 5.42. The van der Waals surface area contributed by atoms with E-state index in [4.69, 9.17) is 14.2 Å². The van der Waals surface area contributed by atoms with E-state index in [-0.39, 0.29) is 0 Å². The second kappa shape index (κ2) is 7.50. The fraction of sp³-hybridized carbons (Fsp3) is 0.278. The fourth-order valence-electron chi connectivity index (χ4n) is 2.13. The highest BCUT2D eigenvalue weighted by Crippen LogP contribution is 2.40. The van der Waals surface area contributed by atoms with Crippen molar-refractivity contribution in [1.82, 2.24) is 0 Å². The number of aryl methyl sites for hydroxylation is 1. The van der Waals surface area contributed by atoms with Gasteiger partial charge in [-0.3, -0.25) is 4.99 Å². The number of nitrogens with zero attached hydrogens (tertiary/aromatic N) is 1. The normalized spacial score (nSPS) is 10.7. The van der Waals surface area contributed by atoms with E-state index >= 15 is 0 Å². The molecule has 0 bridgehead atoms. The smallest absolute Gasteiger partial charge is 0.203 e. The fourth-order valence-corrected chi connectivity index (χ4v) is 2.13. The van der Waals surface area contributed by atoms with Crippen molar-refractivity contribution in [3.05, 3.63) is 47.5 Å². The summed E-state index contributed by atoms with van der Waals surface area (Å²) in [4.78, 5) is 4.48. The zero-order valence-corrected chi connectivity index (χ0v) is 13.4. The van der Waals surface area contributed by atoms with E-state index < -0.39 is 0 Å². The van der Waals surface area contributed by atoms with Gasteiger partial charge in [0.25, 0.3) is 0 Å². The van der Waals surface area contributed by atoms with Crippen LogP contribution >= 0.6 is 0 Å². The van der Waals surface area contributed by atoms with Gasteiger partial charge in [0, 0.05) is 18.3 Å². The molecule has 2 aromatic carbocycles. The average molecular weight is 299 g/mol. The minimum Gasteiger partial charge on any atom is -0.493 e. The van der Waals surface area contributed by atoms with Gasteiger partial charge in [0.15, 0.2) is 11.5 Å². The third-order valence-electron chi connectivity index (χ3n) is 3.40. The molecule has 2 rings (SSSR count). The summed E-state index contributed by atoms with van der Waals surface area (Å²) in [5, 5.41) is 0. The first-order valence-electron chi connectivity index (χ1n) is 7.14. The highest BCUT2D eigenvalue weighted by atomic mass is 16.5. The first kappa shape index (κ1) is 15.9. The molecular weight excluding hydrogens is 278 g/mol. The number of benzene rings is 2. The third-order valence-corrected chi connectivity index (χ3v) is 3.40. The quantitative estimate of drug-likeness (QED) is 0.756. The molecule has 116 valence electrons. The highest BCUT2D eigenvalue weighted by molar-refractivity contribution is 5.82. The molecular formula is C18H21NO3. The SMILES string of the molecule is CCc1ccc(C=Nc2cc(OC)c(OC)c(OC)c2)cc1. The van der Waals surface area contributed by atoms with Crippen molar-refractivity contribution in [2.75, 3.05) is 21.3 Å². The van der Waals surface area contributed by atoms with Crippen molar-refractivity contribution >= 4 is 11.9 Å². The lowest BCUT2D eigenvalue weighted by Crippen LogP contribution is -1.94. The maximum atomic E-state index is 5.32. The van der Waals surface area contributed by atoms with E-state index in [0.29, 0.717) is 17.2 Å². The summed E-state index contributed by atoms with van der Waals surface area (Å²) in [6.45, 7) is 2.14. The predicted octanol–water partition coefficient (Wildman–Crippen LogP) is 4.03. The summed E-state index contributed by atoms with van der Waals surface area (Å²) < 4.78 is 15.9. The van der Waals surface area contributed by atoms with Crippen LogP contribution in [0, 0.1) is 0 Å². The van der Waals surface area contributed by atoms with Gasteiger partial charge in [0.05, 0.1) is 27.0 Å². The van der Waals surface area contributed by atoms with Crippen molar-refractivity contribution in [2.24, 2.45) is 4.99 Å². The molecule has 0 atom stereocenters. The molecule has 4 heteroatoms. The topological polar surface area (TPSA) is 40.0 Å². The number of rotatable bonds is 6. The van der Waals surface area contributed by atoms with Crippen LogP contribution in [0.15, 0.2) is 41.4 Å². The summed E-state index contributed by atoms with van der Waals surface area (Å²) in [6, 6.07) is 12.0. The number of aliphatic imine (C=N–C) groups is 1. The second-order valence-electron chi connectivity index (χ2n) is 4.74. The number of methoxy groups -OCH3 is 3. The van der Waals surface area contributed by atoms with Crippen LogP contribution in [0.3, 0.4) is 0 Å². The summed E-state index contributed by atoms with van der Waals surface area (Å²) in [5.41, 5.74) is 3.10. The lowest BCUT2D eigenvalue weighted by atomic mass is 10.1. The van der Waals surface area contributed by atoms with Crippen LogP contribution in [-0.4, -0.2) is 27.5 Å². The standard InChI is InChI=1S/C18H21NO3/c1-5-13-6-8-14(9-7-13)12-19-15-10-16(20-2)18(22-4)17(11-15)21-3/h6-12H,5H2,1-4H3. The minimum absolute atomic E-state index is 0.566. The monoisotopic (exact) mass is 299 g/mol. The van der Waals surface area contributed by atoms with Crippen LogP contribution in [-0.2, 0) is 6.42 Å². The van der Waals surface area contributed by atoms with E-state index in [9.17, 15) is 0 Å². The van der Waals surface area contributed by atoms with Gasteiger partial charge in [-0.1, -0.05) is 31.2 Å². The second-order valence-corrected chi connectivity index (χ2v) is 4.74. The first-order chi connectivity index (χ1) is 10.7. The zero-order chi connectivity index (χ0) is 15.9. The van der Waals surface area contributed by atoms with Crippen molar-refractivity contribution in [1.29, 1.82) is 0 Å². The molecule has 22 heavy (non-hydrogen) atoms. The Morgan fingerprint density at radius 2 is 1.50 bits per heavy atom. The Labute approximate surface area is 131 Å². The number of hydrogen-bond acceptors (Lipinski definition) is 4. The van der Waals surface area contributed by atoms with E-state index in [2.05, 4.69) is 36.2 Å². The summed E-state index contributed by atoms with van der Waals surface area (Å²) >= 11 is 0. The van der Waals surface area contributed by atoms with Crippen LogP contribution in [0.5, 0.6) is 17.2 Å². The van der Waals surface area contributed by atoms with Crippen molar-refractivity contribution in [3.63, 3.8) is 0 Å². The summed E-state index contributed by atoms with van der Waals surface area (Å²) in [7, 11) is 4.76. The van der Waals surface area contributed by atoms with Crippen molar-refractivity contribution in [2.45, 2.75) is 13.3 Å². The third kappa shape index (κ3) is 3.58. The van der Waals surface area contributed by atoms with Crippen LogP contribution in [0.1, 0.15) is 18.1 Å². The molecule has 0 unspecified atom stereocenters. The van der Waals surface area contributed by atoms with Crippen LogP contribution in [0.2, 0.25) is 0 Å². The molecule has 0 heterocycles. The van der Waals surface area contributed by atoms with Crippen LogP contribution < -0.4 is 14.2 Å². The van der Waals surface area contributed by atoms with Gasteiger partial charge in [-0.05, 0) is 17.5 Å². The number of hydrogen-bond donors (Lipinski definition) is 0. The Morgan fingerprint density at radius 1 is 0.909 bits per heavy atom. The molecule has 0 saturated heterocycles. The molecule has 0 N–H and O–H groups in total. The van der Waals surface area contributed by atoms with E-state index in [1.807, 2.05) is 18.3 Å². The largest absolute Gasteiger partial charge is 0.493 e. The Hall–Kier alpha value is -2.49. The Bertz CT molecular complexity index is 623. The van der Waals surface area contributed by atoms with Gasteiger partial charge in [0.1, 0.15) is 0 Å². The molecule has 0 saturated carbocycles. The van der Waals surface area contributed by atoms with Gasteiger partial charge in [-0.2, -0.15) is 0 Å². The van der Waals surface area contributed by atoms with Gasteiger partial charge >= 0.3 is 0 Å². The molecule has 0 spiro atoms. The van der Waals surface area contributed by atoms with E-state index in [0.717, 1.165) is 17.7 Å². The average Bonchev–Trinajstić information content (AvgIpc) is 2.59. The van der Waals surface area contributed by atoms with Crippen molar-refractivity contribution < 1.29 is 14.2 Å². The molecule has 0 fully saturated rings. The molecule has 0 aliphatic heterocycles. The van der Waals surface area contributed by atoms with Crippen LogP contribution in [0.25, 0.3) is 0 Å². The highest BCUT2D eigenvalue weighted by Gasteiger charge is 2.12. The minimum atomic E-state index is 0.566. The molecule has 0 amide bonds. The molecule has 0 aliphatic rings. The Morgan fingerprint density at radius 3 is 1.95 bits per heavy atom. The molecule has 4 nitrogen and oxygen atoms in total. The van der Waals surface area contributed by atoms with E-state index in [1.165, 1.54) is 5.56 Å². The molecule has 0 aliphatic carbocycles. The molecule has 2 aromatic rings. The van der Waals surface area contributed by atoms with Gasteiger partial charge in [-0.15, -0.1) is 0 Å². The zero-order valence-electron chi connectivity index (χ0n) is 13.4.